The van der Waals surface area contributed by atoms with E-state index in [1.165, 1.54) is 6.07 Å². The van der Waals surface area contributed by atoms with Crippen molar-refractivity contribution in [3.63, 3.8) is 0 Å². The van der Waals surface area contributed by atoms with Crippen LogP contribution in [0.2, 0.25) is 5.02 Å². The van der Waals surface area contributed by atoms with E-state index in [4.69, 9.17) is 21.3 Å². The Bertz CT molecular complexity index is 1300. The van der Waals surface area contributed by atoms with Crippen molar-refractivity contribution < 1.29 is 13.9 Å². The number of imidazole rings is 1. The van der Waals surface area contributed by atoms with Crippen LogP contribution in [-0.2, 0) is 17.9 Å². The maximum Gasteiger partial charge on any atom is 0.223 e. The highest BCUT2D eigenvalue weighted by atomic mass is 35.5. The highest BCUT2D eigenvalue weighted by Gasteiger charge is 2.34. The average molecular weight is 464 g/mol. The van der Waals surface area contributed by atoms with Crippen molar-refractivity contribution >= 4 is 28.5 Å². The molecule has 5 nitrogen and oxygen atoms in total. The summed E-state index contributed by atoms with van der Waals surface area (Å²) in [4.78, 5) is 19.6. The topological polar surface area (TPSA) is 47.4 Å². The molecule has 5 rings (SSSR count). The minimum atomic E-state index is -0.352. The van der Waals surface area contributed by atoms with Gasteiger partial charge in [-0.25, -0.2) is 9.37 Å². The van der Waals surface area contributed by atoms with Crippen LogP contribution < -0.4 is 4.74 Å². The fraction of sp³-hybridized carbons (Fsp3) is 0.231. The number of nitrogens with zero attached hydrogens (tertiary/aromatic N) is 3. The number of aromatic nitrogens is 2. The van der Waals surface area contributed by atoms with Gasteiger partial charge in [0.1, 0.15) is 17.4 Å². The lowest BCUT2D eigenvalue weighted by atomic mass is 10.1. The third kappa shape index (κ3) is 4.18. The molecule has 1 amide bonds. The van der Waals surface area contributed by atoms with Gasteiger partial charge in [-0.1, -0.05) is 41.9 Å². The van der Waals surface area contributed by atoms with Crippen molar-refractivity contribution in [2.75, 3.05) is 13.7 Å². The van der Waals surface area contributed by atoms with Gasteiger partial charge in [0.25, 0.3) is 0 Å². The zero-order valence-electron chi connectivity index (χ0n) is 18.2. The van der Waals surface area contributed by atoms with Crippen molar-refractivity contribution in [3.05, 3.63) is 94.5 Å². The van der Waals surface area contributed by atoms with Gasteiger partial charge in [-0.2, -0.15) is 0 Å². The third-order valence-electron chi connectivity index (χ3n) is 6.17. The highest BCUT2D eigenvalue weighted by molar-refractivity contribution is 6.31. The fourth-order valence-electron chi connectivity index (χ4n) is 4.46. The number of carbonyl (C=O) groups excluding carboxylic acids is 1. The molecule has 1 aromatic heterocycles. The Labute approximate surface area is 196 Å². The van der Waals surface area contributed by atoms with E-state index >= 15 is 0 Å². The van der Waals surface area contributed by atoms with Crippen LogP contribution in [-0.4, -0.2) is 34.0 Å². The summed E-state index contributed by atoms with van der Waals surface area (Å²) >= 11 is 6.32. The number of hydrogen-bond donors (Lipinski definition) is 0. The number of rotatable bonds is 6. The maximum absolute atomic E-state index is 14.6. The molecule has 3 aromatic carbocycles. The molecule has 168 valence electrons. The lowest BCUT2D eigenvalue weighted by molar-refractivity contribution is -0.128. The van der Waals surface area contributed by atoms with Crippen molar-refractivity contribution in [1.82, 2.24) is 14.5 Å². The van der Waals surface area contributed by atoms with Crippen molar-refractivity contribution in [3.8, 4) is 5.75 Å². The Kier molecular flexibility index (Phi) is 5.77. The molecule has 1 unspecified atom stereocenters. The van der Waals surface area contributed by atoms with Gasteiger partial charge in [0.05, 0.1) is 24.7 Å². The van der Waals surface area contributed by atoms with E-state index in [9.17, 15) is 9.18 Å². The number of amides is 1. The molecular weight excluding hydrogens is 441 g/mol. The first-order valence-electron chi connectivity index (χ1n) is 10.8. The number of methoxy groups -OCH3 is 1. The van der Waals surface area contributed by atoms with Crippen LogP contribution in [0.1, 0.15) is 29.3 Å². The summed E-state index contributed by atoms with van der Waals surface area (Å²) in [7, 11) is 1.63. The molecule has 4 aromatic rings. The average Bonchev–Trinajstić information content (AvgIpc) is 3.37. The standard InChI is InChI=1S/C26H23ClFN3O2/c1-33-19-11-9-17(10-12-19)14-30-15-18(13-25(30)32)26-29-23-7-2-3-8-24(23)31(26)16-20-21(27)5-4-6-22(20)28/h2-12,18H,13-16H2,1H3. The summed E-state index contributed by atoms with van der Waals surface area (Å²) in [6.45, 7) is 1.34. The molecular formula is C26H23ClFN3O2. The van der Waals surface area contributed by atoms with Crippen LogP contribution in [0.15, 0.2) is 66.7 Å². The van der Waals surface area contributed by atoms with Crippen molar-refractivity contribution in [1.29, 1.82) is 0 Å². The van der Waals surface area contributed by atoms with Crippen molar-refractivity contribution in [2.24, 2.45) is 0 Å². The number of likely N-dealkylation sites (tertiary alicyclic amines) is 1. The largest absolute Gasteiger partial charge is 0.497 e. The predicted octanol–water partition coefficient (Wildman–Crippen LogP) is 5.40. The SMILES string of the molecule is COc1ccc(CN2CC(c3nc4ccccc4n3Cc3c(F)cccc3Cl)CC2=O)cc1. The first-order valence-corrected chi connectivity index (χ1v) is 11.2. The van der Waals surface area contributed by atoms with Gasteiger partial charge < -0.3 is 14.2 Å². The molecule has 0 aliphatic carbocycles. The molecule has 0 saturated carbocycles. The summed E-state index contributed by atoms with van der Waals surface area (Å²) in [5.74, 6) is 1.20. The molecule has 2 heterocycles. The summed E-state index contributed by atoms with van der Waals surface area (Å²) in [6, 6.07) is 20.2. The Hall–Kier alpha value is -3.38. The molecule has 33 heavy (non-hydrogen) atoms. The minimum absolute atomic E-state index is 0.0818. The normalized spacial score (nSPS) is 16.0. The second-order valence-electron chi connectivity index (χ2n) is 8.27. The van der Waals surface area contributed by atoms with E-state index in [2.05, 4.69) is 0 Å². The Balaban J connectivity index is 1.46. The summed E-state index contributed by atoms with van der Waals surface area (Å²) < 4.78 is 21.8. The lowest BCUT2D eigenvalue weighted by Crippen LogP contribution is -2.24. The maximum atomic E-state index is 14.6. The molecule has 1 aliphatic rings. The highest BCUT2D eigenvalue weighted by Crippen LogP contribution is 2.33. The van der Waals surface area contributed by atoms with Gasteiger partial charge >= 0.3 is 0 Å². The van der Waals surface area contributed by atoms with Gasteiger partial charge in [-0.3, -0.25) is 4.79 Å². The van der Waals surface area contributed by atoms with Crippen molar-refractivity contribution in [2.45, 2.75) is 25.4 Å². The molecule has 1 saturated heterocycles. The van der Waals surface area contributed by atoms with E-state index in [0.717, 1.165) is 28.2 Å². The quantitative estimate of drug-likeness (QED) is 0.384. The van der Waals surface area contributed by atoms with Crippen LogP contribution >= 0.6 is 11.6 Å². The van der Waals surface area contributed by atoms with Crippen LogP contribution in [0.3, 0.4) is 0 Å². The summed E-state index contributed by atoms with van der Waals surface area (Å²) in [5.41, 5.74) is 3.17. The molecule has 1 atom stereocenters. The zero-order valence-corrected chi connectivity index (χ0v) is 18.9. The number of benzene rings is 3. The molecule has 0 radical (unpaired) electrons. The van der Waals surface area contributed by atoms with E-state index in [1.807, 2.05) is 58.0 Å². The second-order valence-corrected chi connectivity index (χ2v) is 8.68. The van der Waals surface area contributed by atoms with Crippen LogP contribution in [0, 0.1) is 5.82 Å². The van der Waals surface area contributed by atoms with Gasteiger partial charge in [0.2, 0.25) is 5.91 Å². The van der Waals surface area contributed by atoms with Crippen LogP contribution in [0.25, 0.3) is 11.0 Å². The molecule has 0 spiro atoms. The van der Waals surface area contributed by atoms with Gasteiger partial charge in [-0.05, 0) is 42.0 Å². The third-order valence-corrected chi connectivity index (χ3v) is 6.53. The summed E-state index contributed by atoms with van der Waals surface area (Å²) in [6.07, 6.45) is 0.366. The molecule has 1 fully saturated rings. The first-order chi connectivity index (χ1) is 16.0. The van der Waals surface area contributed by atoms with Crippen LogP contribution in [0.5, 0.6) is 5.75 Å². The van der Waals surface area contributed by atoms with Crippen LogP contribution in [0.4, 0.5) is 4.39 Å². The number of halogens is 2. The van der Waals surface area contributed by atoms with E-state index in [1.54, 1.807) is 19.2 Å². The smallest absolute Gasteiger partial charge is 0.223 e. The minimum Gasteiger partial charge on any atom is -0.497 e. The van der Waals surface area contributed by atoms with Gasteiger partial charge in [0, 0.05) is 36.0 Å². The molecule has 0 N–H and O–H groups in total. The molecule has 7 heteroatoms. The predicted molar refractivity (Wildman–Crippen MR) is 126 cm³/mol. The zero-order chi connectivity index (χ0) is 22.9. The molecule has 1 aliphatic heterocycles. The number of ether oxygens (including phenoxy) is 1. The first kappa shape index (κ1) is 21.5. The monoisotopic (exact) mass is 463 g/mol. The number of carbonyl (C=O) groups is 1. The number of fused-ring (bicyclic) bond motifs is 1. The second kappa shape index (κ2) is 8.87. The Morgan fingerprint density at radius 3 is 2.61 bits per heavy atom. The van der Waals surface area contributed by atoms with Gasteiger partial charge in [-0.15, -0.1) is 0 Å². The van der Waals surface area contributed by atoms with E-state index < -0.39 is 0 Å². The van der Waals surface area contributed by atoms with E-state index in [-0.39, 0.29) is 24.2 Å². The number of hydrogen-bond acceptors (Lipinski definition) is 3. The molecule has 0 bridgehead atoms. The summed E-state index contributed by atoms with van der Waals surface area (Å²) in [5, 5.41) is 0.377. The Morgan fingerprint density at radius 2 is 1.85 bits per heavy atom. The lowest BCUT2D eigenvalue weighted by Gasteiger charge is -2.18. The van der Waals surface area contributed by atoms with E-state index in [0.29, 0.717) is 30.1 Å². The fourth-order valence-corrected chi connectivity index (χ4v) is 4.69. The Morgan fingerprint density at radius 1 is 1.06 bits per heavy atom. The van der Waals surface area contributed by atoms with Gasteiger partial charge in [0.15, 0.2) is 0 Å². The number of para-hydroxylation sites is 2.